The highest BCUT2D eigenvalue weighted by atomic mass is 127. The van der Waals surface area contributed by atoms with Gasteiger partial charge in [-0.2, -0.15) is 0 Å². The van der Waals surface area contributed by atoms with E-state index in [2.05, 4.69) is 22.6 Å². The zero-order chi connectivity index (χ0) is 15.0. The standard InChI is InChI=1S/C16H12FIO2S/c17-12-4-2-5-14(10-12)21(19,20)16-6-1-3-11-9-13(18)7-8-15(11)16/h2,4-10H,1,3H2. The second-order valence-electron chi connectivity index (χ2n) is 4.87. The van der Waals surface area contributed by atoms with Crippen LogP contribution in [0.3, 0.4) is 0 Å². The van der Waals surface area contributed by atoms with Crippen molar-refractivity contribution in [2.24, 2.45) is 0 Å². The van der Waals surface area contributed by atoms with Crippen LogP contribution in [0.2, 0.25) is 0 Å². The third kappa shape index (κ3) is 2.76. The molecule has 21 heavy (non-hydrogen) atoms. The smallest absolute Gasteiger partial charge is 0.206 e. The SMILES string of the molecule is O=S(=O)(C1=CCCc2cc(I)ccc21)c1cccc(F)c1. The Morgan fingerprint density at radius 1 is 1.10 bits per heavy atom. The van der Waals surface area contributed by atoms with Crippen molar-refractivity contribution in [3.8, 4) is 0 Å². The van der Waals surface area contributed by atoms with Crippen LogP contribution in [0.25, 0.3) is 4.91 Å². The van der Waals surface area contributed by atoms with Crippen LogP contribution in [0.4, 0.5) is 4.39 Å². The highest BCUT2D eigenvalue weighted by molar-refractivity contribution is 14.1. The van der Waals surface area contributed by atoms with Gasteiger partial charge in [-0.25, -0.2) is 12.8 Å². The topological polar surface area (TPSA) is 34.1 Å². The van der Waals surface area contributed by atoms with Crippen molar-refractivity contribution in [1.82, 2.24) is 0 Å². The van der Waals surface area contributed by atoms with Crippen LogP contribution in [0.1, 0.15) is 17.5 Å². The Labute approximate surface area is 136 Å². The van der Waals surface area contributed by atoms with E-state index in [4.69, 9.17) is 0 Å². The maximum Gasteiger partial charge on any atom is 0.206 e. The van der Waals surface area contributed by atoms with Gasteiger partial charge in [-0.3, -0.25) is 0 Å². The molecular formula is C16H12FIO2S. The van der Waals surface area contributed by atoms with E-state index in [0.29, 0.717) is 6.42 Å². The van der Waals surface area contributed by atoms with Gasteiger partial charge in [-0.05, 0) is 76.9 Å². The van der Waals surface area contributed by atoms with Crippen LogP contribution in [-0.4, -0.2) is 8.42 Å². The number of hydrogen-bond donors (Lipinski definition) is 0. The van der Waals surface area contributed by atoms with Crippen molar-refractivity contribution >= 4 is 37.3 Å². The quantitative estimate of drug-likeness (QED) is 0.691. The number of allylic oxidation sites excluding steroid dienone is 1. The molecule has 108 valence electrons. The Morgan fingerprint density at radius 2 is 1.90 bits per heavy atom. The molecule has 0 aliphatic heterocycles. The molecule has 2 aromatic rings. The maximum atomic E-state index is 13.3. The van der Waals surface area contributed by atoms with Crippen LogP contribution in [0.5, 0.6) is 0 Å². The molecular weight excluding hydrogens is 402 g/mol. The van der Waals surface area contributed by atoms with Gasteiger partial charge >= 0.3 is 0 Å². The molecule has 0 atom stereocenters. The first-order valence-electron chi connectivity index (χ1n) is 6.48. The molecule has 0 aromatic heterocycles. The molecule has 2 nitrogen and oxygen atoms in total. The third-order valence-electron chi connectivity index (χ3n) is 3.47. The van der Waals surface area contributed by atoms with Crippen LogP contribution >= 0.6 is 22.6 Å². The number of sulfone groups is 1. The van der Waals surface area contributed by atoms with Gasteiger partial charge in [0.2, 0.25) is 9.84 Å². The Balaban J connectivity index is 2.15. The Hall–Kier alpha value is -1.21. The molecule has 0 saturated carbocycles. The van der Waals surface area contributed by atoms with Crippen LogP contribution in [0, 0.1) is 9.39 Å². The Bertz CT molecular complexity index is 841. The van der Waals surface area contributed by atoms with E-state index in [1.165, 1.54) is 18.2 Å². The van der Waals surface area contributed by atoms with Gasteiger partial charge in [0.25, 0.3) is 0 Å². The van der Waals surface area contributed by atoms with Crippen molar-refractivity contribution < 1.29 is 12.8 Å². The normalized spacial score (nSPS) is 14.5. The fraction of sp³-hybridized carbons (Fsp3) is 0.125. The molecule has 0 spiro atoms. The Kier molecular flexibility index (Phi) is 3.88. The van der Waals surface area contributed by atoms with Gasteiger partial charge in [-0.1, -0.05) is 18.2 Å². The fourth-order valence-electron chi connectivity index (χ4n) is 2.49. The lowest BCUT2D eigenvalue weighted by Crippen LogP contribution is -2.10. The number of hydrogen-bond acceptors (Lipinski definition) is 2. The molecule has 1 aliphatic carbocycles. The average Bonchev–Trinajstić information content (AvgIpc) is 2.46. The van der Waals surface area contributed by atoms with E-state index in [1.807, 2.05) is 18.2 Å². The number of aryl methyl sites for hydroxylation is 1. The summed E-state index contributed by atoms with van der Waals surface area (Å²) >= 11 is 2.21. The van der Waals surface area contributed by atoms with E-state index in [0.717, 1.165) is 27.2 Å². The maximum absolute atomic E-state index is 13.3. The molecule has 0 bridgehead atoms. The molecule has 0 radical (unpaired) electrons. The molecule has 0 unspecified atom stereocenters. The number of fused-ring (bicyclic) bond motifs is 1. The van der Waals surface area contributed by atoms with E-state index < -0.39 is 15.7 Å². The predicted octanol–water partition coefficient (Wildman–Crippen LogP) is 4.19. The molecule has 1 aliphatic rings. The summed E-state index contributed by atoms with van der Waals surface area (Å²) in [5.41, 5.74) is 1.75. The molecule has 0 heterocycles. The first-order valence-corrected chi connectivity index (χ1v) is 9.04. The summed E-state index contributed by atoms with van der Waals surface area (Å²) in [5, 5.41) is 0. The summed E-state index contributed by atoms with van der Waals surface area (Å²) in [5.74, 6) is -0.546. The number of rotatable bonds is 2. The summed E-state index contributed by atoms with van der Waals surface area (Å²) in [6, 6.07) is 10.9. The van der Waals surface area contributed by atoms with Gasteiger partial charge in [0.15, 0.2) is 0 Å². The summed E-state index contributed by atoms with van der Waals surface area (Å²) < 4.78 is 39.9. The van der Waals surface area contributed by atoms with E-state index in [9.17, 15) is 12.8 Å². The van der Waals surface area contributed by atoms with Gasteiger partial charge in [0.1, 0.15) is 5.82 Å². The minimum atomic E-state index is -3.69. The number of benzene rings is 2. The van der Waals surface area contributed by atoms with Crippen LogP contribution in [-0.2, 0) is 16.3 Å². The molecule has 0 N–H and O–H groups in total. The van der Waals surface area contributed by atoms with Crippen molar-refractivity contribution in [2.75, 3.05) is 0 Å². The molecule has 5 heteroatoms. The molecule has 0 fully saturated rings. The second kappa shape index (κ2) is 5.53. The number of halogens is 2. The first kappa shape index (κ1) is 14.7. The van der Waals surface area contributed by atoms with Gasteiger partial charge in [0.05, 0.1) is 9.80 Å². The summed E-state index contributed by atoms with van der Waals surface area (Å²) in [4.78, 5) is 0.283. The van der Waals surface area contributed by atoms with Gasteiger partial charge in [-0.15, -0.1) is 0 Å². The first-order chi connectivity index (χ1) is 9.98. The zero-order valence-corrected chi connectivity index (χ0v) is 14.0. The van der Waals surface area contributed by atoms with Crippen molar-refractivity contribution in [3.63, 3.8) is 0 Å². The van der Waals surface area contributed by atoms with Crippen LogP contribution in [0.15, 0.2) is 53.4 Å². The minimum absolute atomic E-state index is 0.000139. The highest BCUT2D eigenvalue weighted by Crippen LogP contribution is 2.35. The van der Waals surface area contributed by atoms with Crippen molar-refractivity contribution in [3.05, 3.63) is 69.1 Å². The Morgan fingerprint density at radius 3 is 2.67 bits per heavy atom. The van der Waals surface area contributed by atoms with E-state index in [1.54, 1.807) is 6.08 Å². The van der Waals surface area contributed by atoms with Crippen molar-refractivity contribution in [1.29, 1.82) is 0 Å². The lowest BCUT2D eigenvalue weighted by atomic mass is 9.97. The van der Waals surface area contributed by atoms with Gasteiger partial charge in [0, 0.05) is 3.57 Å². The molecule has 0 amide bonds. The highest BCUT2D eigenvalue weighted by Gasteiger charge is 2.26. The molecule has 3 rings (SSSR count). The fourth-order valence-corrected chi connectivity index (χ4v) is 4.65. The van der Waals surface area contributed by atoms with Crippen molar-refractivity contribution in [2.45, 2.75) is 17.7 Å². The average molecular weight is 414 g/mol. The summed E-state index contributed by atoms with van der Waals surface area (Å²) in [6.07, 6.45) is 3.24. The predicted molar refractivity (Wildman–Crippen MR) is 89.0 cm³/mol. The van der Waals surface area contributed by atoms with E-state index in [-0.39, 0.29) is 9.80 Å². The lowest BCUT2D eigenvalue weighted by molar-refractivity contribution is 0.599. The molecule has 2 aromatic carbocycles. The van der Waals surface area contributed by atoms with Crippen LogP contribution < -0.4 is 0 Å². The molecule has 0 saturated heterocycles. The van der Waals surface area contributed by atoms with E-state index >= 15 is 0 Å². The lowest BCUT2D eigenvalue weighted by Gasteiger charge is -2.18. The largest absolute Gasteiger partial charge is 0.219 e. The third-order valence-corrected chi connectivity index (χ3v) is 5.98. The minimum Gasteiger partial charge on any atom is -0.219 e. The van der Waals surface area contributed by atoms with Gasteiger partial charge < -0.3 is 0 Å². The zero-order valence-electron chi connectivity index (χ0n) is 11.0. The summed E-state index contributed by atoms with van der Waals surface area (Å²) in [7, 11) is -3.69. The second-order valence-corrected chi connectivity index (χ2v) is 8.03. The summed E-state index contributed by atoms with van der Waals surface area (Å²) in [6.45, 7) is 0. The monoisotopic (exact) mass is 414 g/mol.